The molecule has 0 heterocycles. The molecule has 6 nitrogen and oxygen atoms in total. The fourth-order valence-corrected chi connectivity index (χ4v) is 8.97. The summed E-state index contributed by atoms with van der Waals surface area (Å²) in [5, 5.41) is 0. The maximum absolute atomic E-state index is 13.0. The molecule has 1 unspecified atom stereocenters. The quantitative estimate of drug-likeness (QED) is 0.0261. The lowest BCUT2D eigenvalue weighted by molar-refractivity contribution is -0.167. The van der Waals surface area contributed by atoms with Crippen molar-refractivity contribution in [2.24, 2.45) is 0 Å². The van der Waals surface area contributed by atoms with Gasteiger partial charge in [0.2, 0.25) is 0 Å². The molecule has 0 aromatic carbocycles. The summed E-state index contributed by atoms with van der Waals surface area (Å²) in [5.41, 5.74) is 0. The van der Waals surface area contributed by atoms with E-state index in [0.717, 1.165) is 167 Å². The Labute approximate surface area is 511 Å². The molecule has 0 aliphatic rings. The van der Waals surface area contributed by atoms with Gasteiger partial charge in [0.15, 0.2) is 6.10 Å². The van der Waals surface area contributed by atoms with Crippen LogP contribution >= 0.6 is 0 Å². The van der Waals surface area contributed by atoms with E-state index in [1.807, 2.05) is 0 Å². The van der Waals surface area contributed by atoms with Gasteiger partial charge in [-0.1, -0.05) is 281 Å². The Morgan fingerprint density at radius 1 is 0.253 bits per heavy atom. The van der Waals surface area contributed by atoms with Gasteiger partial charge in [0.25, 0.3) is 0 Å². The lowest BCUT2D eigenvalue weighted by atomic mass is 10.1. The molecule has 0 spiro atoms. The zero-order valence-electron chi connectivity index (χ0n) is 53.7. The number of ether oxygens (including phenoxy) is 3. The first-order valence-electron chi connectivity index (χ1n) is 34.0. The first-order chi connectivity index (χ1) is 41.0. The van der Waals surface area contributed by atoms with Crippen molar-refractivity contribution in [1.82, 2.24) is 0 Å². The minimum Gasteiger partial charge on any atom is -0.462 e. The molecule has 0 saturated heterocycles. The Kier molecular flexibility index (Phi) is 65.4. The highest BCUT2D eigenvalue weighted by Gasteiger charge is 2.19. The van der Waals surface area contributed by atoms with Crippen molar-refractivity contribution in [2.75, 3.05) is 13.2 Å². The van der Waals surface area contributed by atoms with E-state index in [4.69, 9.17) is 14.2 Å². The molecule has 0 radical (unpaired) electrons. The Morgan fingerprint density at radius 3 is 0.735 bits per heavy atom. The van der Waals surface area contributed by atoms with Crippen LogP contribution in [0, 0.1) is 0 Å². The van der Waals surface area contributed by atoms with E-state index in [1.54, 1.807) is 0 Å². The van der Waals surface area contributed by atoms with E-state index in [9.17, 15) is 14.4 Å². The van der Waals surface area contributed by atoms with Crippen LogP contribution < -0.4 is 0 Å². The van der Waals surface area contributed by atoms with Crippen LogP contribution in [0.2, 0.25) is 0 Å². The number of hydrogen-bond donors (Lipinski definition) is 0. The minimum absolute atomic E-state index is 0.0990. The van der Waals surface area contributed by atoms with Crippen LogP contribution in [-0.2, 0) is 28.6 Å². The summed E-state index contributed by atoms with van der Waals surface area (Å²) >= 11 is 0. The van der Waals surface area contributed by atoms with Crippen molar-refractivity contribution in [3.63, 3.8) is 0 Å². The van der Waals surface area contributed by atoms with Crippen LogP contribution in [-0.4, -0.2) is 37.2 Å². The summed E-state index contributed by atoms with van der Waals surface area (Å²) in [6, 6.07) is 0. The maximum atomic E-state index is 13.0. The van der Waals surface area contributed by atoms with Crippen molar-refractivity contribution in [3.05, 3.63) is 158 Å². The SMILES string of the molecule is CC/C=C\C/C=C\C/C=C\C/C=C\C/C=C\C/C=C\CCCCCCCCC(=O)OCC(COC(=O)CCCCCCCC/C=C\C/C=C\C/C=C\CCCCC)OC(=O)CCCCCCCCCC/C=C\C/C=C\C/C=C\C/C=C\CC. The molecule has 468 valence electrons. The van der Waals surface area contributed by atoms with E-state index in [0.29, 0.717) is 19.3 Å². The van der Waals surface area contributed by atoms with E-state index < -0.39 is 6.10 Å². The zero-order valence-corrected chi connectivity index (χ0v) is 53.7. The molecule has 0 N–H and O–H groups in total. The van der Waals surface area contributed by atoms with E-state index in [2.05, 4.69) is 179 Å². The van der Waals surface area contributed by atoms with Crippen LogP contribution in [0.1, 0.15) is 290 Å². The second-order valence-electron chi connectivity index (χ2n) is 22.0. The van der Waals surface area contributed by atoms with Gasteiger partial charge in [-0.2, -0.15) is 0 Å². The summed E-state index contributed by atoms with van der Waals surface area (Å²) in [6.45, 7) is 6.37. The van der Waals surface area contributed by atoms with Crippen molar-refractivity contribution in [3.8, 4) is 0 Å². The number of allylic oxidation sites excluding steroid dienone is 26. The largest absolute Gasteiger partial charge is 0.462 e. The van der Waals surface area contributed by atoms with Gasteiger partial charge in [0.05, 0.1) is 0 Å². The van der Waals surface area contributed by atoms with Gasteiger partial charge < -0.3 is 14.2 Å². The predicted octanol–water partition coefficient (Wildman–Crippen LogP) is 23.7. The third-order valence-corrected chi connectivity index (χ3v) is 14.0. The molecule has 0 bridgehead atoms. The minimum atomic E-state index is -0.805. The van der Waals surface area contributed by atoms with Crippen LogP contribution in [0.25, 0.3) is 0 Å². The Bertz CT molecular complexity index is 1840. The molecule has 0 amide bonds. The Morgan fingerprint density at radius 2 is 0.470 bits per heavy atom. The second kappa shape index (κ2) is 69.5. The van der Waals surface area contributed by atoms with Crippen LogP contribution in [0.4, 0.5) is 0 Å². The van der Waals surface area contributed by atoms with Crippen molar-refractivity contribution < 1.29 is 28.6 Å². The highest BCUT2D eigenvalue weighted by molar-refractivity contribution is 5.71. The lowest BCUT2D eigenvalue weighted by Gasteiger charge is -2.18. The van der Waals surface area contributed by atoms with Gasteiger partial charge in [-0.25, -0.2) is 0 Å². The highest BCUT2D eigenvalue weighted by Crippen LogP contribution is 2.15. The van der Waals surface area contributed by atoms with Gasteiger partial charge >= 0.3 is 17.9 Å². The molecule has 1 atom stereocenters. The van der Waals surface area contributed by atoms with Gasteiger partial charge in [0.1, 0.15) is 13.2 Å². The van der Waals surface area contributed by atoms with E-state index >= 15 is 0 Å². The maximum Gasteiger partial charge on any atom is 0.306 e. The van der Waals surface area contributed by atoms with Gasteiger partial charge in [-0.3, -0.25) is 14.4 Å². The van der Waals surface area contributed by atoms with Crippen LogP contribution in [0.5, 0.6) is 0 Å². The molecule has 0 rings (SSSR count). The fraction of sp³-hybridized carbons (Fsp3) is 0.623. The predicted molar refractivity (Wildman–Crippen MR) is 362 cm³/mol. The fourth-order valence-electron chi connectivity index (χ4n) is 8.97. The highest BCUT2D eigenvalue weighted by atomic mass is 16.6. The lowest BCUT2D eigenvalue weighted by Crippen LogP contribution is -2.30. The number of unbranched alkanes of at least 4 members (excludes halogenated alkanes) is 23. The summed E-state index contributed by atoms with van der Waals surface area (Å²) in [4.78, 5) is 38.5. The smallest absolute Gasteiger partial charge is 0.306 e. The Hall–Kier alpha value is -4.97. The molecule has 0 fully saturated rings. The average Bonchev–Trinajstić information content (AvgIpc) is 3.50. The number of carbonyl (C=O) groups is 3. The number of hydrogen-bond acceptors (Lipinski definition) is 6. The van der Waals surface area contributed by atoms with Crippen molar-refractivity contribution in [1.29, 1.82) is 0 Å². The third-order valence-electron chi connectivity index (χ3n) is 14.0. The van der Waals surface area contributed by atoms with Crippen molar-refractivity contribution in [2.45, 2.75) is 297 Å². The molecule has 6 heteroatoms. The zero-order chi connectivity index (χ0) is 59.9. The summed E-state index contributed by atoms with van der Waals surface area (Å²) in [5.74, 6) is -0.931. The molecular weight excluding hydrogens is 1020 g/mol. The summed E-state index contributed by atoms with van der Waals surface area (Å²) in [6.07, 6.45) is 101. The molecule has 0 aromatic rings. The molecule has 0 aliphatic heterocycles. The van der Waals surface area contributed by atoms with Crippen molar-refractivity contribution >= 4 is 17.9 Å². The Balaban J connectivity index is 4.48. The number of carbonyl (C=O) groups excluding carboxylic acids is 3. The standard InChI is InChI=1S/C77H124O6/c1-4-7-10-13-16-19-22-25-28-31-34-36-37-38-39-41-43-46-49-52-55-58-61-64-67-70-76(79)82-73-74(72-81-75(78)69-66-63-60-57-54-51-48-45-42-33-30-27-24-21-18-15-12-9-6-3)83-77(80)71-68-65-62-59-56-53-50-47-44-40-35-32-29-26-23-20-17-14-11-8-5-2/h7-8,10-11,16-21,25-30,34-36,38-40,42-43,45-46,74H,4-6,9,12-15,22-24,31-33,37,41,44,47-73H2,1-3H3/b10-7-,11-8-,19-16-,20-17-,21-18-,28-25-,29-26-,30-27-,36-34-,39-38-,40-35-,45-42-,46-43-. The average molecular weight is 1150 g/mol. The molecule has 0 aromatic heterocycles. The summed E-state index contributed by atoms with van der Waals surface area (Å²) in [7, 11) is 0. The van der Waals surface area contributed by atoms with Crippen LogP contribution in [0.3, 0.4) is 0 Å². The molecule has 83 heavy (non-hydrogen) atoms. The van der Waals surface area contributed by atoms with Gasteiger partial charge in [-0.05, 0) is 148 Å². The molecular formula is C77H124O6. The molecule has 0 aliphatic carbocycles. The van der Waals surface area contributed by atoms with Gasteiger partial charge in [-0.15, -0.1) is 0 Å². The third kappa shape index (κ3) is 67.7. The molecule has 0 saturated carbocycles. The van der Waals surface area contributed by atoms with E-state index in [1.165, 1.54) is 83.5 Å². The van der Waals surface area contributed by atoms with Gasteiger partial charge in [0, 0.05) is 19.3 Å². The number of rotatable bonds is 60. The topological polar surface area (TPSA) is 78.9 Å². The monoisotopic (exact) mass is 1140 g/mol. The summed E-state index contributed by atoms with van der Waals surface area (Å²) < 4.78 is 17.0. The first kappa shape index (κ1) is 78.0. The normalized spacial score (nSPS) is 13.1. The number of esters is 3. The second-order valence-corrected chi connectivity index (χ2v) is 22.0. The van der Waals surface area contributed by atoms with Crippen LogP contribution in [0.15, 0.2) is 158 Å². The first-order valence-corrected chi connectivity index (χ1v) is 34.0. The van der Waals surface area contributed by atoms with E-state index in [-0.39, 0.29) is 31.1 Å².